The number of hydrogen-bond donors (Lipinski definition) is 0. The number of benzene rings is 10. The van der Waals surface area contributed by atoms with Crippen molar-refractivity contribution in [2.24, 2.45) is 0 Å². The number of nitrogens with zero attached hydrogens (tertiary/aromatic N) is 4. The van der Waals surface area contributed by atoms with Crippen molar-refractivity contribution in [3.63, 3.8) is 0 Å². The summed E-state index contributed by atoms with van der Waals surface area (Å²) in [7, 11) is 0. The van der Waals surface area contributed by atoms with Gasteiger partial charge in [0.2, 0.25) is 0 Å². The van der Waals surface area contributed by atoms with Gasteiger partial charge in [-0.25, -0.2) is 15.0 Å². The highest BCUT2D eigenvalue weighted by Crippen LogP contribution is 2.49. The Morgan fingerprint density at radius 1 is 0.279 bits per heavy atom. The molecule has 318 valence electrons. The molecular weight excluding hydrogens is 845 g/mol. The zero-order valence-electron chi connectivity index (χ0n) is 36.8. The standard InChI is InChI=1S/C63H40N4S/c1-6-19-41(20-7-1)45-33-35-48(42-21-8-2-9-22-42)52(39-45)46-34-36-49(53(40-46)63-65-61(43-23-10-3-11-24-43)64-62(66-63)44-25-12-4-13-26-44)50-30-18-32-56-59(50)60-57(68-56)38-37-55-58(60)51-29-16-17-31-54(51)67(55)47-27-14-5-15-28-47/h1-40H. The maximum absolute atomic E-state index is 5.40. The first-order chi connectivity index (χ1) is 33.7. The molecule has 0 radical (unpaired) electrons. The summed E-state index contributed by atoms with van der Waals surface area (Å²) in [4.78, 5) is 15.9. The molecule has 0 spiro atoms. The number of aromatic nitrogens is 4. The van der Waals surface area contributed by atoms with E-state index in [2.05, 4.69) is 211 Å². The molecule has 3 heterocycles. The fourth-order valence-corrected chi connectivity index (χ4v) is 11.1. The summed E-state index contributed by atoms with van der Waals surface area (Å²) in [6, 6.07) is 86.4. The van der Waals surface area contributed by atoms with E-state index in [1.807, 2.05) is 47.7 Å². The lowest BCUT2D eigenvalue weighted by Crippen LogP contribution is -2.01. The lowest BCUT2D eigenvalue weighted by Gasteiger charge is -2.17. The Morgan fingerprint density at radius 3 is 1.51 bits per heavy atom. The third kappa shape index (κ3) is 6.79. The molecule has 0 fully saturated rings. The molecule has 3 aromatic heterocycles. The van der Waals surface area contributed by atoms with Crippen molar-refractivity contribution in [3.8, 4) is 84.4 Å². The first-order valence-corrected chi connectivity index (χ1v) is 23.7. The molecule has 5 heteroatoms. The highest BCUT2D eigenvalue weighted by molar-refractivity contribution is 7.26. The average molecular weight is 885 g/mol. The number of fused-ring (bicyclic) bond motifs is 7. The summed E-state index contributed by atoms with van der Waals surface area (Å²) >= 11 is 1.85. The summed E-state index contributed by atoms with van der Waals surface area (Å²) in [6.07, 6.45) is 0. The van der Waals surface area contributed by atoms with Gasteiger partial charge in [-0.1, -0.05) is 194 Å². The lowest BCUT2D eigenvalue weighted by molar-refractivity contribution is 1.07. The van der Waals surface area contributed by atoms with Crippen LogP contribution >= 0.6 is 11.3 Å². The van der Waals surface area contributed by atoms with E-state index in [0.717, 1.165) is 61.3 Å². The SMILES string of the molecule is c1ccc(-c2ccc(-c3ccccc3)c(-c3ccc(-c4cccc5sc6ccc7c(c8ccccc8n7-c7ccccc7)c6c45)c(-c4nc(-c5ccccc5)nc(-c5ccccc5)n4)c3)c2)cc1. The van der Waals surface area contributed by atoms with E-state index in [9.17, 15) is 0 Å². The van der Waals surface area contributed by atoms with Crippen LogP contribution in [0, 0.1) is 0 Å². The zero-order chi connectivity index (χ0) is 45.0. The Balaban J connectivity index is 1.13. The molecule has 0 saturated heterocycles. The maximum atomic E-state index is 5.40. The van der Waals surface area contributed by atoms with E-state index in [0.29, 0.717) is 17.5 Å². The second kappa shape index (κ2) is 16.6. The molecule has 13 aromatic rings. The zero-order valence-corrected chi connectivity index (χ0v) is 37.6. The summed E-state index contributed by atoms with van der Waals surface area (Å²) in [6.45, 7) is 0. The predicted octanol–water partition coefficient (Wildman–Crippen LogP) is 17.0. The van der Waals surface area contributed by atoms with Gasteiger partial charge in [0.05, 0.1) is 11.0 Å². The van der Waals surface area contributed by atoms with E-state index in [4.69, 9.17) is 15.0 Å². The third-order valence-electron chi connectivity index (χ3n) is 13.1. The van der Waals surface area contributed by atoms with Gasteiger partial charge in [0.25, 0.3) is 0 Å². The van der Waals surface area contributed by atoms with Gasteiger partial charge in [0.1, 0.15) is 0 Å². The Kier molecular flexibility index (Phi) is 9.66. The fraction of sp³-hybridized carbons (Fsp3) is 0. The molecule has 0 aliphatic heterocycles. The van der Waals surface area contributed by atoms with Gasteiger partial charge < -0.3 is 4.57 Å². The highest BCUT2D eigenvalue weighted by atomic mass is 32.1. The normalized spacial score (nSPS) is 11.5. The van der Waals surface area contributed by atoms with Crippen LogP contribution in [0.5, 0.6) is 0 Å². The van der Waals surface area contributed by atoms with Crippen LogP contribution in [0.2, 0.25) is 0 Å². The van der Waals surface area contributed by atoms with Gasteiger partial charge in [0.15, 0.2) is 17.5 Å². The fourth-order valence-electron chi connectivity index (χ4n) is 9.97. The number of rotatable bonds is 8. The third-order valence-corrected chi connectivity index (χ3v) is 14.2. The summed E-state index contributed by atoms with van der Waals surface area (Å²) in [5.41, 5.74) is 15.3. The molecule has 0 saturated carbocycles. The Morgan fingerprint density at radius 2 is 0.824 bits per heavy atom. The van der Waals surface area contributed by atoms with Gasteiger partial charge in [-0.15, -0.1) is 11.3 Å². The monoisotopic (exact) mass is 884 g/mol. The molecule has 0 aliphatic rings. The van der Waals surface area contributed by atoms with Crippen molar-refractivity contribution in [3.05, 3.63) is 243 Å². The van der Waals surface area contributed by atoms with E-state index >= 15 is 0 Å². The van der Waals surface area contributed by atoms with Gasteiger partial charge in [-0.2, -0.15) is 0 Å². The minimum atomic E-state index is 0.609. The minimum absolute atomic E-state index is 0.609. The van der Waals surface area contributed by atoms with E-state index in [1.54, 1.807) is 0 Å². The average Bonchev–Trinajstić information content (AvgIpc) is 3.98. The second-order valence-corrected chi connectivity index (χ2v) is 18.2. The predicted molar refractivity (Wildman–Crippen MR) is 285 cm³/mol. The van der Waals surface area contributed by atoms with Crippen molar-refractivity contribution < 1.29 is 0 Å². The van der Waals surface area contributed by atoms with Crippen LogP contribution in [0.25, 0.3) is 126 Å². The molecular formula is C63H40N4S. The van der Waals surface area contributed by atoms with Crippen LogP contribution < -0.4 is 0 Å². The molecule has 4 nitrogen and oxygen atoms in total. The number of hydrogen-bond acceptors (Lipinski definition) is 4. The topological polar surface area (TPSA) is 43.6 Å². The molecule has 68 heavy (non-hydrogen) atoms. The van der Waals surface area contributed by atoms with Gasteiger partial charge in [0, 0.05) is 53.3 Å². The smallest absolute Gasteiger partial charge is 0.164 e. The van der Waals surface area contributed by atoms with Crippen molar-refractivity contribution in [2.45, 2.75) is 0 Å². The van der Waals surface area contributed by atoms with E-state index < -0.39 is 0 Å². The molecule has 10 aromatic carbocycles. The molecule has 0 N–H and O–H groups in total. The highest BCUT2D eigenvalue weighted by Gasteiger charge is 2.23. The Labute approximate surface area is 397 Å². The van der Waals surface area contributed by atoms with Crippen LogP contribution in [0.3, 0.4) is 0 Å². The Hall–Kier alpha value is -8.77. The van der Waals surface area contributed by atoms with Crippen molar-refractivity contribution >= 4 is 53.3 Å². The molecule has 13 rings (SSSR count). The summed E-state index contributed by atoms with van der Waals surface area (Å²) in [5, 5.41) is 4.96. The largest absolute Gasteiger partial charge is 0.309 e. The van der Waals surface area contributed by atoms with Crippen LogP contribution in [-0.2, 0) is 0 Å². The van der Waals surface area contributed by atoms with Gasteiger partial charge >= 0.3 is 0 Å². The van der Waals surface area contributed by atoms with Crippen LogP contribution in [0.4, 0.5) is 0 Å². The summed E-state index contributed by atoms with van der Waals surface area (Å²) < 4.78 is 4.88. The van der Waals surface area contributed by atoms with Crippen LogP contribution in [0.15, 0.2) is 243 Å². The van der Waals surface area contributed by atoms with E-state index in [-0.39, 0.29) is 0 Å². The van der Waals surface area contributed by atoms with Crippen LogP contribution in [0.1, 0.15) is 0 Å². The van der Waals surface area contributed by atoms with Crippen molar-refractivity contribution in [1.82, 2.24) is 19.5 Å². The molecule has 0 aliphatic carbocycles. The second-order valence-electron chi connectivity index (χ2n) is 17.1. The molecule has 0 atom stereocenters. The number of para-hydroxylation sites is 2. The van der Waals surface area contributed by atoms with E-state index in [1.165, 1.54) is 47.5 Å². The van der Waals surface area contributed by atoms with Crippen molar-refractivity contribution in [1.29, 1.82) is 0 Å². The van der Waals surface area contributed by atoms with Gasteiger partial charge in [-0.05, 0) is 93.0 Å². The number of thiophene rings is 1. The van der Waals surface area contributed by atoms with Crippen LogP contribution in [-0.4, -0.2) is 19.5 Å². The molecule has 0 amide bonds. The van der Waals surface area contributed by atoms with Gasteiger partial charge in [-0.3, -0.25) is 0 Å². The quantitative estimate of drug-likeness (QED) is 0.153. The lowest BCUT2D eigenvalue weighted by atomic mass is 9.87. The minimum Gasteiger partial charge on any atom is -0.309 e. The van der Waals surface area contributed by atoms with Crippen molar-refractivity contribution in [2.75, 3.05) is 0 Å². The maximum Gasteiger partial charge on any atom is 0.164 e. The first kappa shape index (κ1) is 39.6. The molecule has 0 unspecified atom stereocenters. The first-order valence-electron chi connectivity index (χ1n) is 22.9. The Bertz CT molecular complexity index is 3940. The summed E-state index contributed by atoms with van der Waals surface area (Å²) in [5.74, 6) is 1.85. The molecule has 0 bridgehead atoms.